The minimum atomic E-state index is -0.158. The normalized spacial score (nSPS) is 14.8. The van der Waals surface area contributed by atoms with Crippen molar-refractivity contribution in [2.45, 2.75) is 31.6 Å². The molecular weight excluding hydrogens is 404 g/mol. The number of amides is 1. The van der Waals surface area contributed by atoms with Crippen molar-refractivity contribution in [3.63, 3.8) is 0 Å². The van der Waals surface area contributed by atoms with Crippen LogP contribution in [0.5, 0.6) is 5.75 Å². The fraction of sp³-hybridized carbons (Fsp3) is 0.320. The number of methoxy groups -OCH3 is 1. The topological polar surface area (TPSA) is 91.1 Å². The molecule has 1 saturated heterocycles. The Kier molecular flexibility index (Phi) is 5.39. The minimum absolute atomic E-state index is 0.111. The first-order chi connectivity index (χ1) is 15.6. The average Bonchev–Trinajstić information content (AvgIpc) is 3.26. The van der Waals surface area contributed by atoms with E-state index in [1.165, 1.54) is 10.9 Å². The summed E-state index contributed by atoms with van der Waals surface area (Å²) in [5.74, 6) is 1.94. The fourth-order valence-corrected chi connectivity index (χ4v) is 4.66. The number of likely N-dealkylation sites (tertiary alicyclic amines) is 1. The SMILES string of the molecule is COc1ccc2[nH]cc(C3CCN(C(=O)CCc4nc5ccccc5c(=O)[nH]4)CC3)c2c1. The summed E-state index contributed by atoms with van der Waals surface area (Å²) in [5.41, 5.74) is 2.91. The van der Waals surface area contributed by atoms with E-state index < -0.39 is 0 Å². The number of carbonyl (C=O) groups excluding carboxylic acids is 1. The molecule has 7 heteroatoms. The number of ether oxygens (including phenoxy) is 1. The summed E-state index contributed by atoms with van der Waals surface area (Å²) >= 11 is 0. The molecule has 2 N–H and O–H groups in total. The molecule has 1 aliphatic heterocycles. The molecule has 0 aliphatic carbocycles. The number of rotatable bonds is 5. The van der Waals surface area contributed by atoms with Crippen molar-refractivity contribution in [1.82, 2.24) is 19.9 Å². The Morgan fingerprint density at radius 3 is 2.78 bits per heavy atom. The third kappa shape index (κ3) is 3.86. The molecule has 1 amide bonds. The molecular formula is C25H26N4O3. The van der Waals surface area contributed by atoms with Crippen molar-refractivity contribution in [2.24, 2.45) is 0 Å². The van der Waals surface area contributed by atoms with Gasteiger partial charge < -0.3 is 19.6 Å². The number of fused-ring (bicyclic) bond motifs is 2. The van der Waals surface area contributed by atoms with Gasteiger partial charge in [0, 0.05) is 43.0 Å². The molecule has 0 radical (unpaired) electrons. The number of aromatic nitrogens is 3. The number of H-pyrrole nitrogens is 2. The van der Waals surface area contributed by atoms with Crippen LogP contribution in [0.15, 0.2) is 53.5 Å². The zero-order chi connectivity index (χ0) is 22.1. The first-order valence-electron chi connectivity index (χ1n) is 11.0. The largest absolute Gasteiger partial charge is 0.497 e. The summed E-state index contributed by atoms with van der Waals surface area (Å²) < 4.78 is 5.38. The van der Waals surface area contributed by atoms with Crippen molar-refractivity contribution in [1.29, 1.82) is 0 Å². The van der Waals surface area contributed by atoms with Crippen LogP contribution in [-0.2, 0) is 11.2 Å². The Labute approximate surface area is 185 Å². The maximum atomic E-state index is 12.8. The average molecular weight is 431 g/mol. The Hall–Kier alpha value is -3.61. The Bertz CT molecular complexity index is 1330. The zero-order valence-corrected chi connectivity index (χ0v) is 18.1. The van der Waals surface area contributed by atoms with Crippen LogP contribution in [0.3, 0.4) is 0 Å². The molecule has 7 nitrogen and oxygen atoms in total. The van der Waals surface area contributed by atoms with Crippen LogP contribution in [0.1, 0.15) is 36.6 Å². The van der Waals surface area contributed by atoms with Crippen molar-refractivity contribution in [3.05, 3.63) is 70.4 Å². The third-order valence-corrected chi connectivity index (χ3v) is 6.45. The van der Waals surface area contributed by atoms with Crippen molar-refractivity contribution in [2.75, 3.05) is 20.2 Å². The lowest BCUT2D eigenvalue weighted by Gasteiger charge is -2.32. The first-order valence-corrected chi connectivity index (χ1v) is 11.0. The molecule has 0 unspecified atom stereocenters. The van der Waals surface area contributed by atoms with E-state index in [-0.39, 0.29) is 11.5 Å². The number of hydrogen-bond donors (Lipinski definition) is 2. The second-order valence-corrected chi connectivity index (χ2v) is 8.34. The van der Waals surface area contributed by atoms with Gasteiger partial charge in [-0.1, -0.05) is 12.1 Å². The summed E-state index contributed by atoms with van der Waals surface area (Å²) in [7, 11) is 1.68. The number of piperidine rings is 1. The quantitative estimate of drug-likeness (QED) is 0.504. The lowest BCUT2D eigenvalue weighted by molar-refractivity contribution is -0.132. The summed E-state index contributed by atoms with van der Waals surface area (Å²) in [4.78, 5) is 37.6. The number of benzene rings is 2. The van der Waals surface area contributed by atoms with Gasteiger partial charge in [-0.25, -0.2) is 4.98 Å². The van der Waals surface area contributed by atoms with Gasteiger partial charge in [0.25, 0.3) is 5.56 Å². The predicted octanol–water partition coefficient (Wildman–Crippen LogP) is 3.75. The van der Waals surface area contributed by atoms with Gasteiger partial charge in [-0.3, -0.25) is 9.59 Å². The van der Waals surface area contributed by atoms with Gasteiger partial charge in [0.2, 0.25) is 5.91 Å². The van der Waals surface area contributed by atoms with Crippen LogP contribution in [0.25, 0.3) is 21.8 Å². The van der Waals surface area contributed by atoms with Gasteiger partial charge in [-0.2, -0.15) is 0 Å². The molecule has 3 heterocycles. The van der Waals surface area contributed by atoms with E-state index in [1.54, 1.807) is 13.2 Å². The van der Waals surface area contributed by atoms with Crippen molar-refractivity contribution in [3.8, 4) is 5.75 Å². The molecule has 32 heavy (non-hydrogen) atoms. The minimum Gasteiger partial charge on any atom is -0.497 e. The van der Waals surface area contributed by atoms with E-state index in [4.69, 9.17) is 4.74 Å². The second-order valence-electron chi connectivity index (χ2n) is 8.34. The number of para-hydroxylation sites is 1. The summed E-state index contributed by atoms with van der Waals surface area (Å²) in [6.07, 6.45) is 4.73. The molecule has 5 rings (SSSR count). The zero-order valence-electron chi connectivity index (χ0n) is 18.1. The van der Waals surface area contributed by atoms with E-state index in [0.717, 1.165) is 37.2 Å². The maximum absolute atomic E-state index is 12.8. The molecule has 0 atom stereocenters. The number of carbonyl (C=O) groups is 1. The van der Waals surface area contributed by atoms with Crippen LogP contribution in [-0.4, -0.2) is 46.0 Å². The predicted molar refractivity (Wildman–Crippen MR) is 124 cm³/mol. The van der Waals surface area contributed by atoms with E-state index in [0.29, 0.717) is 35.5 Å². The highest BCUT2D eigenvalue weighted by Gasteiger charge is 2.25. The number of nitrogens with one attached hydrogen (secondary N) is 2. The lowest BCUT2D eigenvalue weighted by atomic mass is 9.89. The van der Waals surface area contributed by atoms with Crippen LogP contribution in [0.2, 0.25) is 0 Å². The van der Waals surface area contributed by atoms with Gasteiger partial charge in [0.15, 0.2) is 0 Å². The summed E-state index contributed by atoms with van der Waals surface area (Å²) in [6.45, 7) is 1.48. The fourth-order valence-electron chi connectivity index (χ4n) is 4.66. The number of nitrogens with zero attached hydrogens (tertiary/aromatic N) is 2. The number of hydrogen-bond acceptors (Lipinski definition) is 4. The van der Waals surface area contributed by atoms with E-state index in [2.05, 4.69) is 27.2 Å². The first kappa shape index (κ1) is 20.3. The van der Waals surface area contributed by atoms with E-state index >= 15 is 0 Å². The van der Waals surface area contributed by atoms with E-state index in [9.17, 15) is 9.59 Å². The Balaban J connectivity index is 1.21. The standard InChI is InChI=1S/C25H26N4O3/c1-32-17-6-7-21-19(14-17)20(15-26-21)16-10-12-29(13-11-16)24(30)9-8-23-27-22-5-3-2-4-18(22)25(31)28-23/h2-7,14-16,26H,8-13H2,1H3,(H,27,28,31). The lowest BCUT2D eigenvalue weighted by Crippen LogP contribution is -2.38. The second kappa shape index (κ2) is 8.49. The Morgan fingerprint density at radius 2 is 1.97 bits per heavy atom. The molecule has 1 aliphatic rings. The van der Waals surface area contributed by atoms with Gasteiger partial charge in [-0.05, 0) is 54.7 Å². The van der Waals surface area contributed by atoms with Crippen LogP contribution >= 0.6 is 0 Å². The summed E-state index contributed by atoms with van der Waals surface area (Å²) in [5, 5.41) is 1.76. The van der Waals surface area contributed by atoms with Crippen LogP contribution in [0.4, 0.5) is 0 Å². The highest BCUT2D eigenvalue weighted by molar-refractivity contribution is 5.85. The highest BCUT2D eigenvalue weighted by Crippen LogP contribution is 2.34. The monoisotopic (exact) mass is 430 g/mol. The van der Waals surface area contributed by atoms with Gasteiger partial charge in [0.1, 0.15) is 11.6 Å². The molecule has 4 aromatic rings. The number of aryl methyl sites for hydroxylation is 1. The van der Waals surface area contributed by atoms with Crippen molar-refractivity contribution < 1.29 is 9.53 Å². The third-order valence-electron chi connectivity index (χ3n) is 6.45. The smallest absolute Gasteiger partial charge is 0.258 e. The molecule has 0 bridgehead atoms. The molecule has 0 saturated carbocycles. The molecule has 2 aromatic heterocycles. The van der Waals surface area contributed by atoms with Gasteiger partial charge in [0.05, 0.1) is 18.0 Å². The summed E-state index contributed by atoms with van der Waals surface area (Å²) in [6, 6.07) is 13.3. The molecule has 2 aromatic carbocycles. The molecule has 1 fully saturated rings. The number of aromatic amines is 2. The van der Waals surface area contributed by atoms with E-state index in [1.807, 2.05) is 35.2 Å². The maximum Gasteiger partial charge on any atom is 0.258 e. The van der Waals surface area contributed by atoms with Crippen LogP contribution < -0.4 is 10.3 Å². The van der Waals surface area contributed by atoms with Crippen molar-refractivity contribution >= 4 is 27.7 Å². The molecule has 164 valence electrons. The highest BCUT2D eigenvalue weighted by atomic mass is 16.5. The van der Waals surface area contributed by atoms with Gasteiger partial charge >= 0.3 is 0 Å². The molecule has 0 spiro atoms. The Morgan fingerprint density at radius 1 is 1.16 bits per heavy atom. The van der Waals surface area contributed by atoms with Crippen LogP contribution in [0, 0.1) is 0 Å². The van der Waals surface area contributed by atoms with Gasteiger partial charge in [-0.15, -0.1) is 0 Å².